The second-order valence-electron chi connectivity index (χ2n) is 5.10. The van der Waals surface area contributed by atoms with Crippen LogP contribution in [0.15, 0.2) is 17.1 Å². The van der Waals surface area contributed by atoms with E-state index in [1.54, 1.807) is 0 Å². The Morgan fingerprint density at radius 2 is 2.12 bits per heavy atom. The quantitative estimate of drug-likeness (QED) is 0.732. The average molecular weight is 356 g/mol. The van der Waals surface area contributed by atoms with Crippen LogP contribution in [-0.4, -0.2) is 43.9 Å². The fourth-order valence-corrected chi connectivity index (χ4v) is 2.25. The number of halogens is 3. The van der Waals surface area contributed by atoms with Crippen molar-refractivity contribution in [2.75, 3.05) is 19.1 Å². The van der Waals surface area contributed by atoms with Crippen molar-refractivity contribution in [1.82, 2.24) is 24.3 Å². The monoisotopic (exact) mass is 356 g/mol. The van der Waals surface area contributed by atoms with Crippen molar-refractivity contribution in [1.29, 1.82) is 0 Å². The van der Waals surface area contributed by atoms with Gasteiger partial charge in [-0.3, -0.25) is 15.0 Å². The Bertz CT molecular complexity index is 1040. The number of hydrogen-bond donors (Lipinski definition) is 1. The van der Waals surface area contributed by atoms with E-state index >= 15 is 0 Å². The smallest absolute Gasteiger partial charge is 0.375 e. The number of aryl methyl sites for hydroxylation is 1. The zero-order chi connectivity index (χ0) is 18.4. The van der Waals surface area contributed by atoms with Crippen LogP contribution in [0.5, 0.6) is 0 Å². The highest BCUT2D eigenvalue weighted by Gasteiger charge is 2.36. The molecule has 3 aromatic rings. The number of fused-ring (bicyclic) bond motifs is 3. The molecule has 0 spiro atoms. The summed E-state index contributed by atoms with van der Waals surface area (Å²) in [5.74, 6) is -2.22. The number of rotatable bonds is 3. The van der Waals surface area contributed by atoms with E-state index in [1.165, 1.54) is 20.1 Å². The standard InChI is InChI=1S/C13H11F3N6O3/c1-6-3-8-7(10(24)21(6)19-9(23)5-25-2)4-17-12-18-11(13(14,15)16)20-22(8)12/h3-4H,5H2,1-2H3,(H,19,23). The molecule has 1 N–H and O–H groups in total. The van der Waals surface area contributed by atoms with Gasteiger partial charge in [0.05, 0.1) is 10.9 Å². The number of alkyl halides is 3. The van der Waals surface area contributed by atoms with Crippen molar-refractivity contribution in [2.45, 2.75) is 13.1 Å². The van der Waals surface area contributed by atoms with Gasteiger partial charge >= 0.3 is 6.18 Å². The maximum Gasteiger partial charge on any atom is 0.453 e. The number of pyridine rings is 1. The molecule has 0 bridgehead atoms. The maximum atomic E-state index is 12.8. The molecule has 12 heteroatoms. The predicted octanol–water partition coefficient (Wildman–Crippen LogP) is 0.483. The fourth-order valence-electron chi connectivity index (χ4n) is 2.25. The van der Waals surface area contributed by atoms with Crippen LogP contribution in [0.25, 0.3) is 16.7 Å². The SMILES string of the molecule is COCC(=O)Nn1c(C)cc2c(cnc3nc(C(F)(F)F)nn32)c1=O. The third-order valence-corrected chi connectivity index (χ3v) is 3.30. The first kappa shape index (κ1) is 16.8. The summed E-state index contributed by atoms with van der Waals surface area (Å²) in [5.41, 5.74) is 2.03. The Kier molecular flexibility index (Phi) is 3.91. The lowest BCUT2D eigenvalue weighted by molar-refractivity contribution is -0.144. The Hall–Kier alpha value is -3.02. The predicted molar refractivity (Wildman–Crippen MR) is 78.5 cm³/mol. The topological polar surface area (TPSA) is 103 Å². The number of aromatic nitrogens is 5. The molecule has 25 heavy (non-hydrogen) atoms. The summed E-state index contributed by atoms with van der Waals surface area (Å²) in [4.78, 5) is 31.2. The van der Waals surface area contributed by atoms with E-state index < -0.39 is 23.5 Å². The molecule has 0 aliphatic heterocycles. The molecule has 0 aliphatic rings. The van der Waals surface area contributed by atoms with Crippen LogP contribution in [0.3, 0.4) is 0 Å². The molecule has 9 nitrogen and oxygen atoms in total. The van der Waals surface area contributed by atoms with Crippen LogP contribution in [-0.2, 0) is 15.7 Å². The molecule has 3 aromatic heterocycles. The van der Waals surface area contributed by atoms with E-state index in [0.29, 0.717) is 0 Å². The molecular weight excluding hydrogens is 345 g/mol. The molecule has 0 atom stereocenters. The molecular formula is C13H11F3N6O3. The number of nitrogens with one attached hydrogen (secondary N) is 1. The van der Waals surface area contributed by atoms with Gasteiger partial charge in [0.25, 0.3) is 23.1 Å². The molecule has 3 heterocycles. The summed E-state index contributed by atoms with van der Waals surface area (Å²) in [6, 6.07) is 1.40. The third kappa shape index (κ3) is 2.91. The zero-order valence-corrected chi connectivity index (χ0v) is 13.0. The molecule has 1 amide bonds. The summed E-state index contributed by atoms with van der Waals surface area (Å²) >= 11 is 0. The summed E-state index contributed by atoms with van der Waals surface area (Å²) in [7, 11) is 1.32. The van der Waals surface area contributed by atoms with E-state index in [1.807, 2.05) is 0 Å². The van der Waals surface area contributed by atoms with Gasteiger partial charge in [-0.05, 0) is 13.0 Å². The number of nitrogens with zero attached hydrogens (tertiary/aromatic N) is 5. The number of ether oxygens (including phenoxy) is 1. The average Bonchev–Trinajstić information content (AvgIpc) is 2.96. The van der Waals surface area contributed by atoms with E-state index in [4.69, 9.17) is 0 Å². The maximum absolute atomic E-state index is 12.8. The third-order valence-electron chi connectivity index (χ3n) is 3.30. The number of carbonyl (C=O) groups is 1. The molecule has 0 fully saturated rings. The molecule has 0 aliphatic carbocycles. The first-order valence-corrected chi connectivity index (χ1v) is 6.86. The van der Waals surface area contributed by atoms with Gasteiger partial charge in [0.15, 0.2) is 0 Å². The van der Waals surface area contributed by atoms with Crippen LogP contribution in [0.1, 0.15) is 11.5 Å². The van der Waals surface area contributed by atoms with Gasteiger partial charge in [-0.15, -0.1) is 5.10 Å². The minimum atomic E-state index is -4.74. The van der Waals surface area contributed by atoms with Crippen molar-refractivity contribution in [3.8, 4) is 0 Å². The molecule has 0 aromatic carbocycles. The lowest BCUT2D eigenvalue weighted by Gasteiger charge is -2.12. The lowest BCUT2D eigenvalue weighted by Crippen LogP contribution is -2.36. The van der Waals surface area contributed by atoms with Crippen molar-refractivity contribution in [3.63, 3.8) is 0 Å². The van der Waals surface area contributed by atoms with Gasteiger partial charge in [0.1, 0.15) is 6.61 Å². The van der Waals surface area contributed by atoms with E-state index in [9.17, 15) is 22.8 Å². The zero-order valence-electron chi connectivity index (χ0n) is 13.0. The van der Waals surface area contributed by atoms with Gasteiger partial charge in [0, 0.05) is 19.0 Å². The molecule has 0 unspecified atom stereocenters. The summed E-state index contributed by atoms with van der Waals surface area (Å²) in [6.07, 6.45) is -3.65. The second-order valence-corrected chi connectivity index (χ2v) is 5.10. The number of methoxy groups -OCH3 is 1. The van der Waals surface area contributed by atoms with Gasteiger partial charge in [-0.2, -0.15) is 22.7 Å². The molecule has 0 saturated carbocycles. The first-order chi connectivity index (χ1) is 11.7. The number of amides is 1. The minimum Gasteiger partial charge on any atom is -0.375 e. The highest BCUT2D eigenvalue weighted by molar-refractivity contribution is 5.86. The van der Waals surface area contributed by atoms with E-state index in [-0.39, 0.29) is 29.0 Å². The molecule has 132 valence electrons. The summed E-state index contributed by atoms with van der Waals surface area (Å²) in [5, 5.41) is 3.34. The van der Waals surface area contributed by atoms with Gasteiger partial charge < -0.3 is 4.74 Å². The Morgan fingerprint density at radius 3 is 2.76 bits per heavy atom. The van der Waals surface area contributed by atoms with Crippen molar-refractivity contribution in [2.24, 2.45) is 0 Å². The van der Waals surface area contributed by atoms with E-state index in [0.717, 1.165) is 15.4 Å². The number of hydrogen-bond acceptors (Lipinski definition) is 6. The fraction of sp³-hybridized carbons (Fsp3) is 0.308. The van der Waals surface area contributed by atoms with Crippen molar-refractivity contribution < 1.29 is 22.7 Å². The molecule has 0 saturated heterocycles. The minimum absolute atomic E-state index is 0.0329. The largest absolute Gasteiger partial charge is 0.453 e. The lowest BCUT2D eigenvalue weighted by atomic mass is 10.2. The van der Waals surface area contributed by atoms with E-state index in [2.05, 4.69) is 25.2 Å². The highest BCUT2D eigenvalue weighted by atomic mass is 19.4. The molecule has 3 rings (SSSR count). The summed E-state index contributed by atoms with van der Waals surface area (Å²) < 4.78 is 44.8. The Morgan fingerprint density at radius 1 is 1.40 bits per heavy atom. The number of carbonyl (C=O) groups excluding carboxylic acids is 1. The van der Waals surface area contributed by atoms with Crippen LogP contribution >= 0.6 is 0 Å². The van der Waals surface area contributed by atoms with Crippen molar-refractivity contribution in [3.05, 3.63) is 34.1 Å². The van der Waals surface area contributed by atoms with Crippen LogP contribution in [0.2, 0.25) is 0 Å². The Labute approximate surface area is 137 Å². The van der Waals surface area contributed by atoms with Crippen LogP contribution < -0.4 is 11.0 Å². The van der Waals surface area contributed by atoms with Crippen molar-refractivity contribution >= 4 is 22.6 Å². The van der Waals surface area contributed by atoms with Crippen LogP contribution in [0, 0.1) is 6.92 Å². The van der Waals surface area contributed by atoms with Gasteiger partial charge in [0.2, 0.25) is 0 Å². The Balaban J connectivity index is 2.22. The van der Waals surface area contributed by atoms with Crippen LogP contribution in [0.4, 0.5) is 13.2 Å². The normalized spacial score (nSPS) is 12.0. The molecule has 0 radical (unpaired) electrons. The first-order valence-electron chi connectivity index (χ1n) is 6.86. The van der Waals surface area contributed by atoms with Gasteiger partial charge in [-0.1, -0.05) is 0 Å². The summed E-state index contributed by atoms with van der Waals surface area (Å²) in [6.45, 7) is 1.24. The second kappa shape index (κ2) is 5.81. The highest BCUT2D eigenvalue weighted by Crippen LogP contribution is 2.26. The van der Waals surface area contributed by atoms with Gasteiger partial charge in [-0.25, -0.2) is 9.66 Å².